The van der Waals surface area contributed by atoms with Gasteiger partial charge in [-0.15, -0.1) is 0 Å². The standard InChI is InChI=1S/C11H13F2N3O/c1-8-2-3-11(12,13)7-16(8)10(17)9-6-14-4-5-15-9/h4-6,8H,2-3,7H2,1H3. The zero-order chi connectivity index (χ0) is 12.5. The summed E-state index contributed by atoms with van der Waals surface area (Å²) in [6.07, 6.45) is 4.24. The predicted molar refractivity (Wildman–Crippen MR) is 56.7 cm³/mol. The molecule has 0 aromatic carbocycles. The van der Waals surface area contributed by atoms with Gasteiger partial charge in [-0.2, -0.15) is 0 Å². The molecule has 1 aromatic rings. The van der Waals surface area contributed by atoms with Crippen molar-refractivity contribution in [2.75, 3.05) is 6.54 Å². The number of amides is 1. The number of alkyl halides is 2. The second kappa shape index (κ2) is 4.35. The van der Waals surface area contributed by atoms with Crippen LogP contribution in [0.1, 0.15) is 30.3 Å². The molecular formula is C11H13F2N3O. The summed E-state index contributed by atoms with van der Waals surface area (Å²) < 4.78 is 26.5. The maximum absolute atomic E-state index is 13.3. The Labute approximate surface area is 97.7 Å². The predicted octanol–water partition coefficient (Wildman–Crippen LogP) is 1.74. The zero-order valence-electron chi connectivity index (χ0n) is 9.44. The van der Waals surface area contributed by atoms with Crippen molar-refractivity contribution in [3.63, 3.8) is 0 Å². The highest BCUT2D eigenvalue weighted by molar-refractivity contribution is 5.92. The van der Waals surface area contributed by atoms with Crippen molar-refractivity contribution in [2.24, 2.45) is 0 Å². The second-order valence-corrected chi connectivity index (χ2v) is 4.27. The molecule has 1 fully saturated rings. The minimum atomic E-state index is -2.80. The smallest absolute Gasteiger partial charge is 0.274 e. The van der Waals surface area contributed by atoms with E-state index in [4.69, 9.17) is 0 Å². The molecule has 0 spiro atoms. The number of carbonyl (C=O) groups excluding carboxylic acids is 1. The van der Waals surface area contributed by atoms with Crippen LogP contribution in [0.4, 0.5) is 8.78 Å². The van der Waals surface area contributed by atoms with E-state index in [1.165, 1.54) is 23.5 Å². The Morgan fingerprint density at radius 2 is 2.29 bits per heavy atom. The van der Waals surface area contributed by atoms with Gasteiger partial charge >= 0.3 is 0 Å². The van der Waals surface area contributed by atoms with Crippen LogP contribution < -0.4 is 0 Å². The van der Waals surface area contributed by atoms with Gasteiger partial charge in [-0.25, -0.2) is 13.8 Å². The van der Waals surface area contributed by atoms with Gasteiger partial charge in [0.15, 0.2) is 0 Å². The monoisotopic (exact) mass is 241 g/mol. The van der Waals surface area contributed by atoms with Crippen molar-refractivity contribution in [3.8, 4) is 0 Å². The Morgan fingerprint density at radius 3 is 2.94 bits per heavy atom. The summed E-state index contributed by atoms with van der Waals surface area (Å²) >= 11 is 0. The average Bonchev–Trinajstić information content (AvgIpc) is 2.33. The quantitative estimate of drug-likeness (QED) is 0.752. The lowest BCUT2D eigenvalue weighted by Crippen LogP contribution is -2.50. The first-order valence-electron chi connectivity index (χ1n) is 5.44. The molecule has 0 saturated carbocycles. The molecule has 0 radical (unpaired) electrons. The Hall–Kier alpha value is -1.59. The molecule has 17 heavy (non-hydrogen) atoms. The Kier molecular flexibility index (Phi) is 3.04. The van der Waals surface area contributed by atoms with E-state index in [0.29, 0.717) is 6.42 Å². The number of halogens is 2. The molecule has 0 bridgehead atoms. The molecule has 1 amide bonds. The van der Waals surface area contributed by atoms with Crippen LogP contribution in [0.5, 0.6) is 0 Å². The van der Waals surface area contributed by atoms with E-state index in [-0.39, 0.29) is 18.2 Å². The fraction of sp³-hybridized carbons (Fsp3) is 0.545. The van der Waals surface area contributed by atoms with Gasteiger partial charge in [-0.3, -0.25) is 9.78 Å². The molecular weight excluding hydrogens is 228 g/mol. The molecule has 1 aliphatic rings. The minimum Gasteiger partial charge on any atom is -0.329 e. The van der Waals surface area contributed by atoms with Gasteiger partial charge < -0.3 is 4.90 Å². The maximum Gasteiger partial charge on any atom is 0.274 e. The fourth-order valence-corrected chi connectivity index (χ4v) is 1.89. The first-order chi connectivity index (χ1) is 7.99. The summed E-state index contributed by atoms with van der Waals surface area (Å²) in [7, 11) is 0. The lowest BCUT2D eigenvalue weighted by Gasteiger charge is -2.37. The number of piperidine rings is 1. The van der Waals surface area contributed by atoms with E-state index in [1.54, 1.807) is 6.92 Å². The van der Waals surface area contributed by atoms with E-state index in [1.807, 2.05) is 0 Å². The lowest BCUT2D eigenvalue weighted by molar-refractivity contribution is -0.0696. The third kappa shape index (κ3) is 2.57. The highest BCUT2D eigenvalue weighted by atomic mass is 19.3. The second-order valence-electron chi connectivity index (χ2n) is 4.27. The topological polar surface area (TPSA) is 46.1 Å². The molecule has 1 aliphatic heterocycles. The van der Waals surface area contributed by atoms with Crippen molar-refractivity contribution >= 4 is 5.91 Å². The van der Waals surface area contributed by atoms with Crippen molar-refractivity contribution in [2.45, 2.75) is 31.7 Å². The molecule has 2 heterocycles. The molecule has 1 saturated heterocycles. The summed E-state index contributed by atoms with van der Waals surface area (Å²) in [5, 5.41) is 0. The lowest BCUT2D eigenvalue weighted by atomic mass is 10.0. The van der Waals surface area contributed by atoms with E-state index in [2.05, 4.69) is 9.97 Å². The van der Waals surface area contributed by atoms with Crippen molar-refractivity contribution in [1.82, 2.24) is 14.9 Å². The summed E-state index contributed by atoms with van der Waals surface area (Å²) in [6.45, 7) is 1.23. The van der Waals surface area contributed by atoms with Crippen LogP contribution in [0.15, 0.2) is 18.6 Å². The normalized spacial score (nSPS) is 23.5. The Bertz CT molecular complexity index is 410. The third-order valence-corrected chi connectivity index (χ3v) is 2.90. The van der Waals surface area contributed by atoms with Gasteiger partial charge in [0.05, 0.1) is 12.7 Å². The van der Waals surface area contributed by atoms with Crippen molar-refractivity contribution in [1.29, 1.82) is 0 Å². The molecule has 1 unspecified atom stereocenters. The third-order valence-electron chi connectivity index (χ3n) is 2.90. The van der Waals surface area contributed by atoms with E-state index < -0.39 is 18.4 Å². The number of carbonyl (C=O) groups is 1. The number of rotatable bonds is 1. The average molecular weight is 241 g/mol. The number of nitrogens with zero attached hydrogens (tertiary/aromatic N) is 3. The molecule has 92 valence electrons. The van der Waals surface area contributed by atoms with Crippen LogP contribution in [-0.4, -0.2) is 39.3 Å². The number of hydrogen-bond donors (Lipinski definition) is 0. The Balaban J connectivity index is 2.18. The van der Waals surface area contributed by atoms with E-state index >= 15 is 0 Å². The van der Waals surface area contributed by atoms with Crippen LogP contribution in [0, 0.1) is 0 Å². The number of likely N-dealkylation sites (tertiary alicyclic amines) is 1. The molecule has 6 heteroatoms. The number of hydrogen-bond acceptors (Lipinski definition) is 3. The summed E-state index contributed by atoms with van der Waals surface area (Å²) in [5.41, 5.74) is 0.108. The van der Waals surface area contributed by atoms with Crippen molar-refractivity contribution < 1.29 is 13.6 Å². The van der Waals surface area contributed by atoms with Gasteiger partial charge in [0.1, 0.15) is 5.69 Å². The zero-order valence-corrected chi connectivity index (χ0v) is 9.44. The summed E-state index contributed by atoms with van der Waals surface area (Å²) in [6, 6.07) is -0.191. The molecule has 1 atom stereocenters. The number of aromatic nitrogens is 2. The van der Waals surface area contributed by atoms with Crippen LogP contribution in [0.25, 0.3) is 0 Å². The van der Waals surface area contributed by atoms with Crippen LogP contribution >= 0.6 is 0 Å². The fourth-order valence-electron chi connectivity index (χ4n) is 1.89. The van der Waals surface area contributed by atoms with Crippen LogP contribution in [0.2, 0.25) is 0 Å². The maximum atomic E-state index is 13.3. The van der Waals surface area contributed by atoms with E-state index in [9.17, 15) is 13.6 Å². The largest absolute Gasteiger partial charge is 0.329 e. The van der Waals surface area contributed by atoms with Crippen LogP contribution in [-0.2, 0) is 0 Å². The highest BCUT2D eigenvalue weighted by Gasteiger charge is 2.40. The summed E-state index contributed by atoms with van der Waals surface area (Å²) in [4.78, 5) is 20.8. The van der Waals surface area contributed by atoms with Gasteiger partial charge in [-0.1, -0.05) is 0 Å². The molecule has 1 aromatic heterocycles. The molecule has 0 aliphatic carbocycles. The van der Waals surface area contributed by atoms with Gasteiger partial charge in [-0.05, 0) is 13.3 Å². The molecule has 4 nitrogen and oxygen atoms in total. The van der Waals surface area contributed by atoms with E-state index in [0.717, 1.165) is 0 Å². The minimum absolute atomic E-state index is 0.108. The van der Waals surface area contributed by atoms with Gasteiger partial charge in [0, 0.05) is 24.9 Å². The first-order valence-corrected chi connectivity index (χ1v) is 5.44. The molecule has 0 N–H and O–H groups in total. The SMILES string of the molecule is CC1CCC(F)(F)CN1C(=O)c1cnccn1. The molecule has 2 rings (SSSR count). The van der Waals surface area contributed by atoms with Crippen molar-refractivity contribution in [3.05, 3.63) is 24.3 Å². The first kappa shape index (κ1) is 11.9. The Morgan fingerprint density at radius 1 is 1.53 bits per heavy atom. The van der Waals surface area contributed by atoms with Gasteiger partial charge in [0.25, 0.3) is 11.8 Å². The summed E-state index contributed by atoms with van der Waals surface area (Å²) in [5.74, 6) is -3.28. The van der Waals surface area contributed by atoms with Crippen LogP contribution in [0.3, 0.4) is 0 Å². The highest BCUT2D eigenvalue weighted by Crippen LogP contribution is 2.30. The van der Waals surface area contributed by atoms with Gasteiger partial charge in [0.2, 0.25) is 0 Å².